The minimum atomic E-state index is -0.0492. The molecule has 0 saturated heterocycles. The largest absolute Gasteiger partial charge is 0.379 e. The highest BCUT2D eigenvalue weighted by Crippen LogP contribution is 2.11. The molecule has 0 saturated carbocycles. The molecule has 22 heavy (non-hydrogen) atoms. The van der Waals surface area contributed by atoms with Crippen molar-refractivity contribution in [3.63, 3.8) is 0 Å². The van der Waals surface area contributed by atoms with E-state index in [4.69, 9.17) is 0 Å². The Morgan fingerprint density at radius 1 is 1.14 bits per heavy atom. The predicted octanol–water partition coefficient (Wildman–Crippen LogP) is 3.18. The van der Waals surface area contributed by atoms with E-state index >= 15 is 0 Å². The number of hydrogen-bond donors (Lipinski definition) is 1. The number of aromatic nitrogens is 2. The van der Waals surface area contributed by atoms with Gasteiger partial charge in [0.25, 0.3) is 5.56 Å². The molecule has 0 bridgehead atoms. The molecule has 0 atom stereocenters. The standard InChI is InChI=1S/C18H19N3O/c1-3-14-5-7-15(8-6-14)19-11-16-10-18(22)21-12-13(2)4-9-17(21)20-16/h4-10,12,19H,3,11H2,1-2H3. The van der Waals surface area contributed by atoms with Crippen LogP contribution in [0.4, 0.5) is 5.69 Å². The molecular weight excluding hydrogens is 274 g/mol. The monoisotopic (exact) mass is 293 g/mol. The molecule has 0 radical (unpaired) electrons. The van der Waals surface area contributed by atoms with Gasteiger partial charge in [-0.05, 0) is 42.7 Å². The SMILES string of the molecule is CCc1ccc(NCc2cc(=O)n3cc(C)ccc3n2)cc1. The van der Waals surface area contributed by atoms with E-state index in [1.165, 1.54) is 5.56 Å². The Morgan fingerprint density at radius 3 is 2.64 bits per heavy atom. The molecule has 0 fully saturated rings. The van der Waals surface area contributed by atoms with Crippen LogP contribution in [0.25, 0.3) is 5.65 Å². The number of hydrogen-bond acceptors (Lipinski definition) is 3. The molecule has 4 heteroatoms. The second kappa shape index (κ2) is 6.02. The third-order valence-electron chi connectivity index (χ3n) is 3.70. The topological polar surface area (TPSA) is 46.4 Å². The predicted molar refractivity (Wildman–Crippen MR) is 89.3 cm³/mol. The molecule has 3 aromatic rings. The van der Waals surface area contributed by atoms with Crippen molar-refractivity contribution in [1.29, 1.82) is 0 Å². The Bertz CT molecular complexity index is 850. The number of nitrogens with one attached hydrogen (secondary N) is 1. The molecule has 0 aliphatic carbocycles. The van der Waals surface area contributed by atoms with Gasteiger partial charge in [-0.3, -0.25) is 9.20 Å². The molecule has 1 N–H and O–H groups in total. The normalized spacial score (nSPS) is 10.8. The Morgan fingerprint density at radius 2 is 1.91 bits per heavy atom. The molecule has 2 aromatic heterocycles. The second-order valence-electron chi connectivity index (χ2n) is 5.42. The molecule has 2 heterocycles. The summed E-state index contributed by atoms with van der Waals surface area (Å²) in [5.74, 6) is 0. The molecular formula is C18H19N3O. The van der Waals surface area contributed by atoms with Gasteiger partial charge in [0, 0.05) is 18.0 Å². The summed E-state index contributed by atoms with van der Waals surface area (Å²) >= 11 is 0. The lowest BCUT2D eigenvalue weighted by Gasteiger charge is -2.08. The van der Waals surface area contributed by atoms with Gasteiger partial charge < -0.3 is 5.32 Å². The fourth-order valence-corrected chi connectivity index (χ4v) is 2.40. The van der Waals surface area contributed by atoms with Gasteiger partial charge in [0.05, 0.1) is 12.2 Å². The van der Waals surface area contributed by atoms with Gasteiger partial charge >= 0.3 is 0 Å². The van der Waals surface area contributed by atoms with Crippen LogP contribution < -0.4 is 10.9 Å². The van der Waals surface area contributed by atoms with E-state index in [2.05, 4.69) is 41.5 Å². The highest BCUT2D eigenvalue weighted by molar-refractivity contribution is 5.45. The second-order valence-corrected chi connectivity index (χ2v) is 5.42. The van der Waals surface area contributed by atoms with Crippen LogP contribution in [0, 0.1) is 6.92 Å². The van der Waals surface area contributed by atoms with Crippen LogP contribution >= 0.6 is 0 Å². The molecule has 4 nitrogen and oxygen atoms in total. The maximum absolute atomic E-state index is 12.1. The minimum absolute atomic E-state index is 0.0492. The van der Waals surface area contributed by atoms with Crippen molar-refractivity contribution in [2.24, 2.45) is 0 Å². The number of rotatable bonds is 4. The maximum atomic E-state index is 12.1. The first kappa shape index (κ1) is 14.3. The van der Waals surface area contributed by atoms with E-state index in [0.717, 1.165) is 23.4 Å². The molecule has 0 unspecified atom stereocenters. The Labute approximate surface area is 129 Å². The average Bonchev–Trinajstić information content (AvgIpc) is 2.54. The molecule has 0 aliphatic rings. The number of pyridine rings is 1. The molecule has 3 rings (SSSR count). The van der Waals surface area contributed by atoms with E-state index in [1.807, 2.05) is 25.3 Å². The summed E-state index contributed by atoms with van der Waals surface area (Å²) in [5, 5.41) is 3.30. The fourth-order valence-electron chi connectivity index (χ4n) is 2.40. The lowest BCUT2D eigenvalue weighted by molar-refractivity contribution is 0.965. The number of fused-ring (bicyclic) bond motifs is 1. The number of nitrogens with zero attached hydrogens (tertiary/aromatic N) is 2. The zero-order valence-electron chi connectivity index (χ0n) is 12.8. The quantitative estimate of drug-likeness (QED) is 0.803. The Kier molecular flexibility index (Phi) is 3.92. The van der Waals surface area contributed by atoms with Gasteiger partial charge in [-0.2, -0.15) is 0 Å². The Hall–Kier alpha value is -2.62. The molecule has 0 spiro atoms. The third kappa shape index (κ3) is 3.01. The van der Waals surface area contributed by atoms with Crippen LogP contribution in [0.1, 0.15) is 23.7 Å². The van der Waals surface area contributed by atoms with Crippen molar-refractivity contribution in [1.82, 2.24) is 9.38 Å². The Balaban J connectivity index is 1.81. The summed E-state index contributed by atoms with van der Waals surface area (Å²) < 4.78 is 1.58. The van der Waals surface area contributed by atoms with E-state index in [-0.39, 0.29) is 5.56 Å². The smallest absolute Gasteiger partial charge is 0.258 e. The zero-order chi connectivity index (χ0) is 15.5. The van der Waals surface area contributed by atoms with E-state index in [0.29, 0.717) is 12.2 Å². The van der Waals surface area contributed by atoms with Crippen molar-refractivity contribution in [2.45, 2.75) is 26.8 Å². The van der Waals surface area contributed by atoms with Gasteiger partial charge in [0.2, 0.25) is 0 Å². The summed E-state index contributed by atoms with van der Waals surface area (Å²) in [6.07, 6.45) is 2.84. The average molecular weight is 293 g/mol. The van der Waals surface area contributed by atoms with Gasteiger partial charge in [-0.15, -0.1) is 0 Å². The van der Waals surface area contributed by atoms with Crippen molar-refractivity contribution in [3.8, 4) is 0 Å². The van der Waals surface area contributed by atoms with Crippen molar-refractivity contribution >= 4 is 11.3 Å². The first-order valence-electron chi connectivity index (χ1n) is 7.47. The van der Waals surface area contributed by atoms with Crippen LogP contribution in [0.2, 0.25) is 0 Å². The van der Waals surface area contributed by atoms with E-state index in [9.17, 15) is 4.79 Å². The van der Waals surface area contributed by atoms with Crippen LogP contribution in [-0.4, -0.2) is 9.38 Å². The summed E-state index contributed by atoms with van der Waals surface area (Å²) in [6.45, 7) is 4.63. The lowest BCUT2D eigenvalue weighted by Crippen LogP contribution is -2.17. The lowest BCUT2D eigenvalue weighted by atomic mass is 10.1. The summed E-state index contributed by atoms with van der Waals surface area (Å²) in [5.41, 5.74) is 4.75. The van der Waals surface area contributed by atoms with Crippen LogP contribution in [0.15, 0.2) is 53.5 Å². The highest BCUT2D eigenvalue weighted by atomic mass is 16.1. The molecule has 0 aliphatic heterocycles. The highest BCUT2D eigenvalue weighted by Gasteiger charge is 2.03. The van der Waals surface area contributed by atoms with Gasteiger partial charge in [0.1, 0.15) is 5.65 Å². The maximum Gasteiger partial charge on any atom is 0.258 e. The fraction of sp³-hybridized carbons (Fsp3) is 0.222. The molecule has 112 valence electrons. The first-order valence-corrected chi connectivity index (χ1v) is 7.47. The summed E-state index contributed by atoms with van der Waals surface area (Å²) in [4.78, 5) is 16.7. The van der Waals surface area contributed by atoms with E-state index < -0.39 is 0 Å². The van der Waals surface area contributed by atoms with E-state index in [1.54, 1.807) is 10.5 Å². The summed E-state index contributed by atoms with van der Waals surface area (Å²) in [7, 11) is 0. The zero-order valence-corrected chi connectivity index (χ0v) is 12.8. The van der Waals surface area contributed by atoms with Crippen LogP contribution in [0.3, 0.4) is 0 Å². The molecule has 0 amide bonds. The van der Waals surface area contributed by atoms with Crippen LogP contribution in [0.5, 0.6) is 0 Å². The van der Waals surface area contributed by atoms with Gasteiger partial charge in [-0.1, -0.05) is 25.1 Å². The van der Waals surface area contributed by atoms with Gasteiger partial charge in [-0.25, -0.2) is 4.98 Å². The van der Waals surface area contributed by atoms with Gasteiger partial charge in [0.15, 0.2) is 0 Å². The van der Waals surface area contributed by atoms with Crippen molar-refractivity contribution in [2.75, 3.05) is 5.32 Å². The number of anilines is 1. The number of benzene rings is 1. The molecule has 1 aromatic carbocycles. The number of aryl methyl sites for hydroxylation is 2. The van der Waals surface area contributed by atoms with Crippen LogP contribution in [-0.2, 0) is 13.0 Å². The minimum Gasteiger partial charge on any atom is -0.379 e. The van der Waals surface area contributed by atoms with Crippen molar-refractivity contribution < 1.29 is 0 Å². The first-order chi connectivity index (χ1) is 10.7. The summed E-state index contributed by atoms with van der Waals surface area (Å²) in [6, 6.07) is 13.7. The van der Waals surface area contributed by atoms with Crippen molar-refractivity contribution in [3.05, 3.63) is 75.8 Å². The third-order valence-corrected chi connectivity index (χ3v) is 3.70.